The average Bonchev–Trinajstić information content (AvgIpc) is 2.84. The second-order valence-electron chi connectivity index (χ2n) is 4.46. The van der Waals surface area contributed by atoms with Crippen molar-refractivity contribution in [3.05, 3.63) is 29.0 Å². The summed E-state index contributed by atoms with van der Waals surface area (Å²) in [7, 11) is 0. The van der Waals surface area contributed by atoms with E-state index >= 15 is 0 Å². The molecule has 0 saturated carbocycles. The molecule has 2 N–H and O–H groups in total. The number of H-pyrrole nitrogens is 1. The maximum absolute atomic E-state index is 11.3. The number of rotatable bonds is 3. The van der Waals surface area contributed by atoms with Crippen molar-refractivity contribution in [2.75, 3.05) is 13.2 Å². The molecule has 5 nitrogen and oxygen atoms in total. The van der Waals surface area contributed by atoms with Gasteiger partial charge in [0, 0.05) is 0 Å². The largest absolute Gasteiger partial charge is 0.480 e. The van der Waals surface area contributed by atoms with Gasteiger partial charge in [0.2, 0.25) is 0 Å². The van der Waals surface area contributed by atoms with Crippen LogP contribution >= 0.6 is 11.3 Å². The Bertz CT molecular complexity index is 598. The highest BCUT2D eigenvalue weighted by molar-refractivity contribution is 7.13. The first-order valence-corrected chi connectivity index (χ1v) is 6.42. The van der Waals surface area contributed by atoms with E-state index in [0.717, 1.165) is 16.1 Å². The van der Waals surface area contributed by atoms with Gasteiger partial charge in [0.15, 0.2) is 5.41 Å². The third kappa shape index (κ3) is 1.49. The molecule has 0 bridgehead atoms. The lowest BCUT2D eigenvalue weighted by atomic mass is 9.85. The van der Waals surface area contributed by atoms with Gasteiger partial charge in [-0.3, -0.25) is 4.79 Å². The van der Waals surface area contributed by atoms with Crippen molar-refractivity contribution in [1.82, 2.24) is 9.97 Å². The Morgan fingerprint density at radius 2 is 2.39 bits per heavy atom. The van der Waals surface area contributed by atoms with Gasteiger partial charge in [0.1, 0.15) is 5.82 Å². The average molecular weight is 264 g/mol. The SMILES string of the molecule is Cc1ccsc1-c1cnc(C2(C(=O)O)COC2)[nH]1. The fourth-order valence-electron chi connectivity index (χ4n) is 2.00. The third-order valence-electron chi connectivity index (χ3n) is 3.24. The topological polar surface area (TPSA) is 75.2 Å². The van der Waals surface area contributed by atoms with E-state index in [2.05, 4.69) is 9.97 Å². The van der Waals surface area contributed by atoms with E-state index in [4.69, 9.17) is 4.74 Å². The van der Waals surface area contributed by atoms with Gasteiger partial charge in [0.25, 0.3) is 0 Å². The lowest BCUT2D eigenvalue weighted by Crippen LogP contribution is -2.53. The molecule has 0 aliphatic carbocycles. The molecule has 2 aromatic rings. The van der Waals surface area contributed by atoms with E-state index in [9.17, 15) is 9.90 Å². The molecule has 3 rings (SSSR count). The van der Waals surface area contributed by atoms with E-state index in [0.29, 0.717) is 5.82 Å². The molecule has 0 unspecified atom stereocenters. The van der Waals surface area contributed by atoms with Crippen molar-refractivity contribution in [3.63, 3.8) is 0 Å². The van der Waals surface area contributed by atoms with Crippen LogP contribution in [0.2, 0.25) is 0 Å². The van der Waals surface area contributed by atoms with Gasteiger partial charge in [-0.25, -0.2) is 4.98 Å². The van der Waals surface area contributed by atoms with Crippen LogP contribution in [0.3, 0.4) is 0 Å². The highest BCUT2D eigenvalue weighted by Crippen LogP contribution is 2.34. The molecule has 0 atom stereocenters. The highest BCUT2D eigenvalue weighted by atomic mass is 32.1. The number of carbonyl (C=O) groups is 1. The summed E-state index contributed by atoms with van der Waals surface area (Å²) in [6.45, 7) is 2.38. The summed E-state index contributed by atoms with van der Waals surface area (Å²) >= 11 is 1.61. The Morgan fingerprint density at radius 3 is 2.89 bits per heavy atom. The van der Waals surface area contributed by atoms with Gasteiger partial charge >= 0.3 is 5.97 Å². The monoisotopic (exact) mass is 264 g/mol. The Kier molecular flexibility index (Phi) is 2.49. The number of nitrogens with zero attached hydrogens (tertiary/aromatic N) is 1. The number of aryl methyl sites for hydroxylation is 1. The van der Waals surface area contributed by atoms with Crippen LogP contribution in [0.25, 0.3) is 10.6 Å². The molecule has 0 radical (unpaired) electrons. The Hall–Kier alpha value is -1.66. The summed E-state index contributed by atoms with van der Waals surface area (Å²) in [6.07, 6.45) is 1.69. The van der Waals surface area contributed by atoms with Crippen LogP contribution in [0, 0.1) is 6.92 Å². The molecule has 1 fully saturated rings. The first-order valence-electron chi connectivity index (χ1n) is 5.54. The summed E-state index contributed by atoms with van der Waals surface area (Å²) < 4.78 is 5.04. The van der Waals surface area contributed by atoms with Crippen LogP contribution in [-0.4, -0.2) is 34.3 Å². The number of thiophene rings is 1. The molecule has 6 heteroatoms. The zero-order chi connectivity index (χ0) is 12.8. The summed E-state index contributed by atoms with van der Waals surface area (Å²) in [5.74, 6) is -0.415. The molecular weight excluding hydrogens is 252 g/mol. The van der Waals surface area contributed by atoms with Gasteiger partial charge < -0.3 is 14.8 Å². The van der Waals surface area contributed by atoms with Crippen molar-refractivity contribution in [3.8, 4) is 10.6 Å². The second kappa shape index (κ2) is 3.93. The maximum atomic E-state index is 11.3. The van der Waals surface area contributed by atoms with Gasteiger partial charge in [0.05, 0.1) is 30.0 Å². The van der Waals surface area contributed by atoms with Crippen LogP contribution < -0.4 is 0 Å². The zero-order valence-electron chi connectivity index (χ0n) is 9.77. The molecule has 18 heavy (non-hydrogen) atoms. The maximum Gasteiger partial charge on any atom is 0.322 e. The van der Waals surface area contributed by atoms with E-state index in [1.54, 1.807) is 17.5 Å². The summed E-state index contributed by atoms with van der Waals surface area (Å²) in [5, 5.41) is 11.3. The predicted octanol–water partition coefficient (Wildman–Crippen LogP) is 1.80. The van der Waals surface area contributed by atoms with E-state index in [1.165, 1.54) is 0 Å². The number of aromatic nitrogens is 2. The lowest BCUT2D eigenvalue weighted by molar-refractivity contribution is -0.163. The summed E-state index contributed by atoms with van der Waals surface area (Å²) in [4.78, 5) is 19.8. The summed E-state index contributed by atoms with van der Waals surface area (Å²) in [5.41, 5.74) is 1.03. The minimum atomic E-state index is -0.997. The van der Waals surface area contributed by atoms with E-state index in [1.807, 2.05) is 18.4 Å². The normalized spacial score (nSPS) is 17.4. The first kappa shape index (κ1) is 11.4. The number of carboxylic acid groups (broad SMARTS) is 1. The second-order valence-corrected chi connectivity index (χ2v) is 5.37. The minimum Gasteiger partial charge on any atom is -0.480 e. The molecular formula is C12H12N2O3S. The quantitative estimate of drug-likeness (QED) is 0.886. The van der Waals surface area contributed by atoms with Gasteiger partial charge in [-0.2, -0.15) is 0 Å². The molecule has 0 spiro atoms. The molecule has 1 saturated heterocycles. The first-order chi connectivity index (χ1) is 8.63. The Labute approximate surface area is 107 Å². The number of aliphatic carboxylic acids is 1. The predicted molar refractivity (Wildman–Crippen MR) is 66.8 cm³/mol. The van der Waals surface area contributed by atoms with Crippen molar-refractivity contribution in [2.45, 2.75) is 12.3 Å². The third-order valence-corrected chi connectivity index (χ3v) is 4.29. The molecule has 1 aliphatic rings. The van der Waals surface area contributed by atoms with E-state index < -0.39 is 11.4 Å². The van der Waals surface area contributed by atoms with Crippen LogP contribution in [0.15, 0.2) is 17.6 Å². The smallest absolute Gasteiger partial charge is 0.322 e. The van der Waals surface area contributed by atoms with E-state index in [-0.39, 0.29) is 13.2 Å². The lowest BCUT2D eigenvalue weighted by Gasteiger charge is -2.35. The molecule has 94 valence electrons. The summed E-state index contributed by atoms with van der Waals surface area (Å²) in [6, 6.07) is 2.03. The number of hydrogen-bond acceptors (Lipinski definition) is 4. The van der Waals surface area contributed by atoms with Gasteiger partial charge in [-0.1, -0.05) is 0 Å². The van der Waals surface area contributed by atoms with Crippen LogP contribution in [0.5, 0.6) is 0 Å². The van der Waals surface area contributed by atoms with Gasteiger partial charge in [-0.05, 0) is 23.9 Å². The minimum absolute atomic E-state index is 0.179. The van der Waals surface area contributed by atoms with Crippen molar-refractivity contribution < 1.29 is 14.6 Å². The van der Waals surface area contributed by atoms with Crippen LogP contribution in [0.1, 0.15) is 11.4 Å². The van der Waals surface area contributed by atoms with Crippen LogP contribution in [0.4, 0.5) is 0 Å². The van der Waals surface area contributed by atoms with Crippen molar-refractivity contribution in [1.29, 1.82) is 0 Å². The van der Waals surface area contributed by atoms with Crippen molar-refractivity contribution >= 4 is 17.3 Å². The van der Waals surface area contributed by atoms with Crippen molar-refractivity contribution in [2.24, 2.45) is 0 Å². The number of ether oxygens (including phenoxy) is 1. The fraction of sp³-hybridized carbons (Fsp3) is 0.333. The molecule has 2 aromatic heterocycles. The molecule has 1 aliphatic heterocycles. The van der Waals surface area contributed by atoms with Gasteiger partial charge in [-0.15, -0.1) is 11.3 Å². The molecule has 3 heterocycles. The number of hydrogen-bond donors (Lipinski definition) is 2. The highest BCUT2D eigenvalue weighted by Gasteiger charge is 2.50. The standard InChI is InChI=1S/C12H12N2O3S/c1-7-2-3-18-9(7)8-4-13-10(14-8)12(11(15)16)5-17-6-12/h2-4H,5-6H2,1H3,(H,13,14)(H,15,16). The number of aromatic amines is 1. The fourth-order valence-corrected chi connectivity index (χ4v) is 2.89. The number of nitrogens with one attached hydrogen (secondary N) is 1. The van der Waals surface area contributed by atoms with Crippen LogP contribution in [-0.2, 0) is 14.9 Å². The zero-order valence-corrected chi connectivity index (χ0v) is 10.6. The molecule has 0 amide bonds. The Balaban J connectivity index is 2.00. The molecule has 0 aromatic carbocycles. The Morgan fingerprint density at radius 1 is 1.61 bits per heavy atom. The number of imidazole rings is 1. The number of carboxylic acids is 1.